The zero-order chi connectivity index (χ0) is 21.2. The number of fused-ring (bicyclic) bond motifs is 1. The first-order chi connectivity index (χ1) is 14.1. The Kier molecular flexibility index (Phi) is 9.71. The number of piperidine rings is 1. The monoisotopic (exact) mass is 419 g/mol. The molecule has 4 rings (SSSR count). The minimum Gasteiger partial charge on any atom is -0.423 e. The summed E-state index contributed by atoms with van der Waals surface area (Å²) in [6, 6.07) is 2.50. The van der Waals surface area contributed by atoms with Crippen LogP contribution in [0, 0.1) is 5.92 Å². The van der Waals surface area contributed by atoms with E-state index in [9.17, 15) is 4.79 Å². The molecule has 1 saturated carbocycles. The Hall–Kier alpha value is -1.82. The van der Waals surface area contributed by atoms with Crippen molar-refractivity contribution in [3.63, 3.8) is 0 Å². The average Bonchev–Trinajstić information content (AvgIpc) is 3.43. The molecular formula is C23H37N3O2S. The summed E-state index contributed by atoms with van der Waals surface area (Å²) in [7, 11) is 0. The SMILES string of the molecule is CC.CCCC.Nc1ncc(-c2cc(C(=O)N3CCCC4CCCCC43)cs2)o1. The van der Waals surface area contributed by atoms with E-state index in [-0.39, 0.29) is 11.9 Å². The number of thiophene rings is 1. The molecule has 2 aromatic rings. The average molecular weight is 420 g/mol. The van der Waals surface area contributed by atoms with Crippen molar-refractivity contribution in [2.24, 2.45) is 5.92 Å². The van der Waals surface area contributed by atoms with E-state index in [0.717, 1.165) is 29.8 Å². The highest BCUT2D eigenvalue weighted by molar-refractivity contribution is 7.13. The van der Waals surface area contributed by atoms with Gasteiger partial charge in [0.05, 0.1) is 16.6 Å². The Morgan fingerprint density at radius 3 is 2.55 bits per heavy atom. The van der Waals surface area contributed by atoms with Gasteiger partial charge in [-0.2, -0.15) is 0 Å². The summed E-state index contributed by atoms with van der Waals surface area (Å²) >= 11 is 1.50. The lowest BCUT2D eigenvalue weighted by molar-refractivity contribution is 0.0391. The van der Waals surface area contributed by atoms with Crippen molar-refractivity contribution >= 4 is 23.3 Å². The Labute approximate surface area is 179 Å². The normalized spacial score (nSPS) is 20.6. The van der Waals surface area contributed by atoms with Crippen LogP contribution in [0.2, 0.25) is 0 Å². The number of carbonyl (C=O) groups is 1. The summed E-state index contributed by atoms with van der Waals surface area (Å²) in [5.41, 5.74) is 6.28. The van der Waals surface area contributed by atoms with Crippen molar-refractivity contribution in [2.45, 2.75) is 85.1 Å². The highest BCUT2D eigenvalue weighted by atomic mass is 32.1. The molecule has 1 saturated heterocycles. The first-order valence-corrected chi connectivity index (χ1v) is 12.1. The molecule has 2 aliphatic rings. The summed E-state index contributed by atoms with van der Waals surface area (Å²) in [6.45, 7) is 9.25. The number of nitrogen functional groups attached to an aromatic ring is 1. The van der Waals surface area contributed by atoms with Crippen LogP contribution in [0.1, 0.15) is 89.4 Å². The first-order valence-electron chi connectivity index (χ1n) is 11.2. The van der Waals surface area contributed by atoms with Crippen LogP contribution in [0.3, 0.4) is 0 Å². The van der Waals surface area contributed by atoms with Crippen molar-refractivity contribution in [2.75, 3.05) is 12.3 Å². The maximum Gasteiger partial charge on any atom is 0.292 e. The molecule has 2 atom stereocenters. The van der Waals surface area contributed by atoms with E-state index in [2.05, 4.69) is 23.7 Å². The standard InChI is InChI=1S/C17H21N3O2S.C4H10.C2H6/c18-17-19-9-14(22-17)15-8-12(10-23-15)16(21)20-7-3-5-11-4-1-2-6-13(11)20;1-3-4-2;1-2/h8-11,13H,1-7H2,(H2,18,19);3-4H2,1-2H3;1-2H3. The lowest BCUT2D eigenvalue weighted by Gasteiger charge is -2.44. The number of nitrogens with two attached hydrogens (primary N) is 1. The molecule has 162 valence electrons. The zero-order valence-corrected chi connectivity index (χ0v) is 19.3. The van der Waals surface area contributed by atoms with Crippen LogP contribution in [-0.4, -0.2) is 28.4 Å². The van der Waals surface area contributed by atoms with Gasteiger partial charge in [0.1, 0.15) is 0 Å². The molecule has 3 heterocycles. The molecule has 0 aromatic carbocycles. The lowest BCUT2D eigenvalue weighted by Crippen LogP contribution is -2.49. The summed E-state index contributed by atoms with van der Waals surface area (Å²) < 4.78 is 5.35. The number of amides is 1. The van der Waals surface area contributed by atoms with E-state index in [1.807, 2.05) is 25.3 Å². The highest BCUT2D eigenvalue weighted by Crippen LogP contribution is 2.37. The van der Waals surface area contributed by atoms with E-state index < -0.39 is 0 Å². The van der Waals surface area contributed by atoms with Crippen LogP contribution in [-0.2, 0) is 0 Å². The van der Waals surface area contributed by atoms with Gasteiger partial charge in [0.2, 0.25) is 0 Å². The Balaban J connectivity index is 0.000000449. The van der Waals surface area contributed by atoms with Crippen molar-refractivity contribution in [3.05, 3.63) is 23.2 Å². The number of oxazole rings is 1. The fourth-order valence-electron chi connectivity index (χ4n) is 4.02. The van der Waals surface area contributed by atoms with Crippen molar-refractivity contribution in [3.8, 4) is 10.6 Å². The third kappa shape index (κ3) is 6.08. The summed E-state index contributed by atoms with van der Waals surface area (Å²) in [4.78, 5) is 19.9. The number of carbonyl (C=O) groups excluding carboxylic acids is 1. The molecule has 29 heavy (non-hydrogen) atoms. The molecule has 0 bridgehead atoms. The predicted molar refractivity (Wildman–Crippen MR) is 122 cm³/mol. The number of hydrogen-bond acceptors (Lipinski definition) is 5. The Morgan fingerprint density at radius 1 is 1.21 bits per heavy atom. The van der Waals surface area contributed by atoms with Crippen LogP contribution >= 0.6 is 11.3 Å². The fourth-order valence-corrected chi connectivity index (χ4v) is 4.85. The van der Waals surface area contributed by atoms with E-state index in [0.29, 0.717) is 17.7 Å². The smallest absolute Gasteiger partial charge is 0.292 e. The van der Waals surface area contributed by atoms with Gasteiger partial charge in [-0.15, -0.1) is 11.3 Å². The van der Waals surface area contributed by atoms with Gasteiger partial charge in [0.25, 0.3) is 11.9 Å². The minimum absolute atomic E-state index is 0.155. The van der Waals surface area contributed by atoms with Crippen molar-refractivity contribution < 1.29 is 9.21 Å². The van der Waals surface area contributed by atoms with Gasteiger partial charge in [0, 0.05) is 18.0 Å². The molecular weight excluding hydrogens is 382 g/mol. The van der Waals surface area contributed by atoms with E-state index in [1.54, 1.807) is 6.20 Å². The molecule has 1 amide bonds. The number of aromatic nitrogens is 1. The predicted octanol–water partition coefficient (Wildman–Crippen LogP) is 6.61. The zero-order valence-electron chi connectivity index (χ0n) is 18.4. The second kappa shape index (κ2) is 12.0. The largest absolute Gasteiger partial charge is 0.423 e. The highest BCUT2D eigenvalue weighted by Gasteiger charge is 2.36. The third-order valence-corrected chi connectivity index (χ3v) is 6.56. The number of anilines is 1. The molecule has 0 spiro atoms. The first kappa shape index (κ1) is 23.5. The van der Waals surface area contributed by atoms with Gasteiger partial charge < -0.3 is 15.1 Å². The maximum absolute atomic E-state index is 13.0. The van der Waals surface area contributed by atoms with Gasteiger partial charge in [0.15, 0.2) is 5.76 Å². The van der Waals surface area contributed by atoms with Gasteiger partial charge in [-0.1, -0.05) is 53.4 Å². The van der Waals surface area contributed by atoms with E-state index in [1.165, 1.54) is 49.9 Å². The van der Waals surface area contributed by atoms with E-state index in [4.69, 9.17) is 10.2 Å². The second-order valence-electron chi connectivity index (χ2n) is 7.52. The number of hydrogen-bond donors (Lipinski definition) is 1. The van der Waals surface area contributed by atoms with Gasteiger partial charge in [-0.05, 0) is 37.7 Å². The number of rotatable bonds is 3. The Morgan fingerprint density at radius 2 is 1.90 bits per heavy atom. The van der Waals surface area contributed by atoms with E-state index >= 15 is 0 Å². The number of likely N-dealkylation sites (tertiary alicyclic amines) is 1. The lowest BCUT2D eigenvalue weighted by atomic mass is 9.78. The Bertz CT molecular complexity index is 736. The molecule has 0 radical (unpaired) electrons. The van der Waals surface area contributed by atoms with Crippen LogP contribution in [0.5, 0.6) is 0 Å². The molecule has 1 aliphatic carbocycles. The summed E-state index contributed by atoms with van der Waals surface area (Å²) in [5, 5.41) is 1.92. The van der Waals surface area contributed by atoms with Crippen LogP contribution in [0.15, 0.2) is 22.1 Å². The second-order valence-corrected chi connectivity index (χ2v) is 8.43. The topological polar surface area (TPSA) is 72.4 Å². The quantitative estimate of drug-likeness (QED) is 0.607. The van der Waals surface area contributed by atoms with Gasteiger partial charge in [-0.25, -0.2) is 4.98 Å². The molecule has 2 unspecified atom stereocenters. The van der Waals surface area contributed by atoms with Crippen LogP contribution in [0.25, 0.3) is 10.6 Å². The molecule has 2 fully saturated rings. The van der Waals surface area contributed by atoms with Crippen LogP contribution < -0.4 is 5.73 Å². The molecule has 1 aliphatic heterocycles. The van der Waals surface area contributed by atoms with Crippen LogP contribution in [0.4, 0.5) is 6.01 Å². The summed E-state index contributed by atoms with van der Waals surface area (Å²) in [5.74, 6) is 1.49. The van der Waals surface area contributed by atoms with Gasteiger partial charge in [-0.3, -0.25) is 4.79 Å². The fraction of sp³-hybridized carbons (Fsp3) is 0.652. The molecule has 6 heteroatoms. The molecule has 2 N–H and O–H groups in total. The number of nitrogens with zero attached hydrogens (tertiary/aromatic N) is 2. The number of unbranched alkanes of at least 4 members (excludes halogenated alkanes) is 1. The maximum atomic E-state index is 13.0. The molecule has 2 aromatic heterocycles. The minimum atomic E-state index is 0.155. The van der Waals surface area contributed by atoms with Crippen molar-refractivity contribution in [1.82, 2.24) is 9.88 Å². The van der Waals surface area contributed by atoms with Gasteiger partial charge >= 0.3 is 0 Å². The molecule has 5 nitrogen and oxygen atoms in total. The third-order valence-electron chi connectivity index (χ3n) is 5.62. The summed E-state index contributed by atoms with van der Waals surface area (Å²) in [6.07, 6.45) is 11.7. The van der Waals surface area contributed by atoms with Crippen molar-refractivity contribution in [1.29, 1.82) is 0 Å².